The highest BCUT2D eigenvalue weighted by Crippen LogP contribution is 2.34. The Bertz CT molecular complexity index is 857. The van der Waals surface area contributed by atoms with Crippen LogP contribution < -0.4 is 16.0 Å². The fraction of sp³-hybridized carbons (Fsp3) is 0.211. The molecule has 0 aromatic heterocycles. The Kier molecular flexibility index (Phi) is 7.58. The van der Waals surface area contributed by atoms with Gasteiger partial charge in [0, 0.05) is 12.2 Å². The highest BCUT2D eigenvalue weighted by Gasteiger charge is 2.33. The van der Waals surface area contributed by atoms with Gasteiger partial charge in [0.05, 0.1) is 17.7 Å². The predicted molar refractivity (Wildman–Crippen MR) is 99.1 cm³/mol. The standard InChI is InChI=1S/C19H18F3N3O4/c20-19(21,22)14-8-4-5-9-15(14)25-16(26)12-29-17(27)10-11-23-18(28)24-13-6-2-1-3-7-13/h1-9H,10-12H2,(H,25,26)(H2,23,24,28). The number of rotatable bonds is 7. The number of carbonyl (C=O) groups is 3. The minimum absolute atomic E-state index is 0.0456. The zero-order chi connectivity index (χ0) is 21.3. The second kappa shape index (κ2) is 10.1. The van der Waals surface area contributed by atoms with Crippen LogP contribution in [0.2, 0.25) is 0 Å². The van der Waals surface area contributed by atoms with E-state index in [1.165, 1.54) is 12.1 Å². The van der Waals surface area contributed by atoms with Crippen LogP contribution in [-0.4, -0.2) is 31.1 Å². The van der Waals surface area contributed by atoms with Gasteiger partial charge in [0.1, 0.15) is 0 Å². The van der Waals surface area contributed by atoms with E-state index in [4.69, 9.17) is 4.74 Å². The van der Waals surface area contributed by atoms with E-state index >= 15 is 0 Å². The summed E-state index contributed by atoms with van der Waals surface area (Å²) in [4.78, 5) is 35.0. The first-order chi connectivity index (χ1) is 13.8. The number of hydrogen-bond acceptors (Lipinski definition) is 4. The minimum Gasteiger partial charge on any atom is -0.456 e. The summed E-state index contributed by atoms with van der Waals surface area (Å²) in [6.45, 7) is -0.794. The van der Waals surface area contributed by atoms with Gasteiger partial charge in [-0.3, -0.25) is 9.59 Å². The number of para-hydroxylation sites is 2. The van der Waals surface area contributed by atoms with Gasteiger partial charge < -0.3 is 20.7 Å². The van der Waals surface area contributed by atoms with Crippen molar-refractivity contribution >= 4 is 29.3 Å². The van der Waals surface area contributed by atoms with Crippen LogP contribution in [0.3, 0.4) is 0 Å². The Morgan fingerprint density at radius 3 is 2.24 bits per heavy atom. The molecule has 0 atom stereocenters. The van der Waals surface area contributed by atoms with Gasteiger partial charge in [-0.25, -0.2) is 4.79 Å². The van der Waals surface area contributed by atoms with Crippen molar-refractivity contribution in [2.24, 2.45) is 0 Å². The van der Waals surface area contributed by atoms with Crippen molar-refractivity contribution in [3.05, 3.63) is 60.2 Å². The molecule has 0 bridgehead atoms. The zero-order valence-corrected chi connectivity index (χ0v) is 15.1. The third-order valence-electron chi connectivity index (χ3n) is 3.52. The topological polar surface area (TPSA) is 96.5 Å². The molecule has 0 saturated carbocycles. The molecule has 0 aliphatic heterocycles. The van der Waals surface area contributed by atoms with Gasteiger partial charge >= 0.3 is 18.2 Å². The van der Waals surface area contributed by atoms with E-state index in [-0.39, 0.29) is 13.0 Å². The van der Waals surface area contributed by atoms with Crippen molar-refractivity contribution in [2.45, 2.75) is 12.6 Å². The summed E-state index contributed by atoms with van der Waals surface area (Å²) in [6.07, 6.45) is -4.85. The number of anilines is 2. The normalized spacial score (nSPS) is 10.7. The molecule has 0 fully saturated rings. The van der Waals surface area contributed by atoms with Crippen molar-refractivity contribution in [2.75, 3.05) is 23.8 Å². The molecular weight excluding hydrogens is 391 g/mol. The maximum atomic E-state index is 12.9. The Morgan fingerprint density at radius 1 is 0.897 bits per heavy atom. The summed E-state index contributed by atoms with van der Waals surface area (Å²) in [5, 5.41) is 7.05. The molecule has 3 amide bonds. The summed E-state index contributed by atoms with van der Waals surface area (Å²) in [5.41, 5.74) is -0.864. The highest BCUT2D eigenvalue weighted by molar-refractivity contribution is 5.93. The van der Waals surface area contributed by atoms with E-state index in [0.29, 0.717) is 5.69 Å². The van der Waals surface area contributed by atoms with Crippen molar-refractivity contribution in [1.82, 2.24) is 5.32 Å². The number of carbonyl (C=O) groups excluding carboxylic acids is 3. The number of urea groups is 1. The fourth-order valence-corrected chi connectivity index (χ4v) is 2.22. The molecule has 154 valence electrons. The molecule has 0 saturated heterocycles. The van der Waals surface area contributed by atoms with Crippen LogP contribution >= 0.6 is 0 Å². The molecule has 2 rings (SSSR count). The van der Waals surface area contributed by atoms with Gasteiger partial charge in [0.15, 0.2) is 6.61 Å². The maximum Gasteiger partial charge on any atom is 0.418 e. The maximum absolute atomic E-state index is 12.9. The quantitative estimate of drug-likeness (QED) is 0.611. The van der Waals surface area contributed by atoms with E-state index in [2.05, 4.69) is 16.0 Å². The summed E-state index contributed by atoms with van der Waals surface area (Å²) < 4.78 is 43.3. The first-order valence-corrected chi connectivity index (χ1v) is 8.47. The molecule has 0 unspecified atom stereocenters. The first kappa shape index (κ1) is 21.7. The molecule has 0 radical (unpaired) electrons. The van der Waals surface area contributed by atoms with Gasteiger partial charge in [-0.2, -0.15) is 13.2 Å². The lowest BCUT2D eigenvalue weighted by atomic mass is 10.1. The van der Waals surface area contributed by atoms with Crippen LogP contribution in [0.4, 0.5) is 29.3 Å². The molecule has 0 aliphatic rings. The summed E-state index contributed by atoms with van der Waals surface area (Å²) in [7, 11) is 0. The lowest BCUT2D eigenvalue weighted by molar-refractivity contribution is -0.147. The summed E-state index contributed by atoms with van der Waals surface area (Å²) in [5.74, 6) is -1.70. The third kappa shape index (κ3) is 7.53. The molecule has 7 nitrogen and oxygen atoms in total. The van der Waals surface area contributed by atoms with Gasteiger partial charge in [0.2, 0.25) is 0 Å². The Morgan fingerprint density at radius 2 is 1.55 bits per heavy atom. The number of ether oxygens (including phenoxy) is 1. The second-order valence-electron chi connectivity index (χ2n) is 5.75. The van der Waals surface area contributed by atoms with Gasteiger partial charge in [-0.1, -0.05) is 30.3 Å². The van der Waals surface area contributed by atoms with Gasteiger partial charge in [-0.05, 0) is 24.3 Å². The van der Waals surface area contributed by atoms with Crippen molar-refractivity contribution in [3.8, 4) is 0 Å². The lowest BCUT2D eigenvalue weighted by Crippen LogP contribution is -2.31. The second-order valence-corrected chi connectivity index (χ2v) is 5.75. The summed E-state index contributed by atoms with van der Waals surface area (Å²) >= 11 is 0. The van der Waals surface area contributed by atoms with Gasteiger partial charge in [0.25, 0.3) is 5.91 Å². The number of alkyl halides is 3. The highest BCUT2D eigenvalue weighted by atomic mass is 19.4. The van der Waals surface area contributed by atoms with E-state index in [9.17, 15) is 27.6 Å². The molecule has 29 heavy (non-hydrogen) atoms. The molecule has 3 N–H and O–H groups in total. The average molecular weight is 409 g/mol. The largest absolute Gasteiger partial charge is 0.456 e. The van der Waals surface area contributed by atoms with Crippen LogP contribution in [0.15, 0.2) is 54.6 Å². The van der Waals surface area contributed by atoms with Gasteiger partial charge in [-0.15, -0.1) is 0 Å². The predicted octanol–water partition coefficient (Wildman–Crippen LogP) is 3.40. The molecule has 0 aliphatic carbocycles. The van der Waals surface area contributed by atoms with Crippen LogP contribution in [0.5, 0.6) is 0 Å². The van der Waals surface area contributed by atoms with Crippen molar-refractivity contribution in [3.63, 3.8) is 0 Å². The van der Waals surface area contributed by atoms with Crippen LogP contribution in [0.1, 0.15) is 12.0 Å². The molecular formula is C19H18F3N3O4. The minimum atomic E-state index is -4.63. The smallest absolute Gasteiger partial charge is 0.418 e. The first-order valence-electron chi connectivity index (χ1n) is 8.47. The monoisotopic (exact) mass is 409 g/mol. The SMILES string of the molecule is O=C(COC(=O)CCNC(=O)Nc1ccccc1)Nc1ccccc1C(F)(F)F. The third-order valence-corrected chi connectivity index (χ3v) is 3.52. The fourth-order valence-electron chi connectivity index (χ4n) is 2.22. The van der Waals surface area contributed by atoms with E-state index < -0.39 is 41.9 Å². The van der Waals surface area contributed by atoms with Crippen LogP contribution in [0.25, 0.3) is 0 Å². The molecule has 0 heterocycles. The van der Waals surface area contributed by atoms with Crippen molar-refractivity contribution < 1.29 is 32.3 Å². The van der Waals surface area contributed by atoms with Crippen molar-refractivity contribution in [1.29, 1.82) is 0 Å². The molecule has 10 heteroatoms. The Balaban J connectivity index is 1.70. The Labute approximate surface area is 164 Å². The average Bonchev–Trinajstić information content (AvgIpc) is 2.67. The van der Waals surface area contributed by atoms with Crippen LogP contribution in [-0.2, 0) is 20.5 Å². The lowest BCUT2D eigenvalue weighted by Gasteiger charge is -2.13. The number of benzene rings is 2. The van der Waals surface area contributed by atoms with Crippen LogP contribution in [0, 0.1) is 0 Å². The van der Waals surface area contributed by atoms with E-state index in [1.54, 1.807) is 30.3 Å². The summed E-state index contributed by atoms with van der Waals surface area (Å²) in [6, 6.07) is 12.6. The molecule has 2 aromatic carbocycles. The number of nitrogens with one attached hydrogen (secondary N) is 3. The number of amides is 3. The number of hydrogen-bond donors (Lipinski definition) is 3. The Hall–Kier alpha value is -3.56. The number of esters is 1. The zero-order valence-electron chi connectivity index (χ0n) is 15.1. The molecule has 0 spiro atoms. The number of halogens is 3. The van der Waals surface area contributed by atoms with E-state index in [0.717, 1.165) is 12.1 Å². The molecule has 2 aromatic rings. The van der Waals surface area contributed by atoms with E-state index in [1.807, 2.05) is 0 Å².